The molecule has 2 aromatic heterocycles. The van der Waals surface area contributed by atoms with E-state index in [-0.39, 0.29) is 0 Å². The van der Waals surface area contributed by atoms with Gasteiger partial charge in [0.25, 0.3) is 0 Å². The van der Waals surface area contributed by atoms with Gasteiger partial charge < -0.3 is 0 Å². The molecule has 0 saturated carbocycles. The Morgan fingerprint density at radius 1 is 1.40 bits per heavy atom. The van der Waals surface area contributed by atoms with Crippen LogP contribution in [0.25, 0.3) is 10.6 Å². The van der Waals surface area contributed by atoms with Gasteiger partial charge in [-0.15, -0.1) is 11.3 Å². The summed E-state index contributed by atoms with van der Waals surface area (Å²) in [6, 6.07) is 4.07. The second-order valence-corrected chi connectivity index (χ2v) is 4.54. The quantitative estimate of drug-likeness (QED) is 0.745. The van der Waals surface area contributed by atoms with Crippen molar-refractivity contribution >= 4 is 22.9 Å². The Hall–Kier alpha value is -0.930. The summed E-state index contributed by atoms with van der Waals surface area (Å²) in [7, 11) is 0. The Labute approximate surface area is 98.0 Å². The molecule has 0 aliphatic rings. The first-order chi connectivity index (χ1) is 7.22. The molecule has 78 valence electrons. The van der Waals surface area contributed by atoms with Gasteiger partial charge in [-0.05, 0) is 18.4 Å². The lowest BCUT2D eigenvalue weighted by Gasteiger charge is -2.06. The molecule has 15 heavy (non-hydrogen) atoms. The van der Waals surface area contributed by atoms with Crippen molar-refractivity contribution < 1.29 is 0 Å². The van der Waals surface area contributed by atoms with Gasteiger partial charge in [0, 0.05) is 12.0 Å². The van der Waals surface area contributed by atoms with Gasteiger partial charge in [-0.2, -0.15) is 0 Å². The van der Waals surface area contributed by atoms with E-state index >= 15 is 0 Å². The number of thiophene rings is 1. The van der Waals surface area contributed by atoms with Crippen molar-refractivity contribution in [3.05, 3.63) is 34.1 Å². The predicted molar refractivity (Wildman–Crippen MR) is 64.5 cm³/mol. The number of rotatable bonds is 2. The molecule has 0 bridgehead atoms. The van der Waals surface area contributed by atoms with Crippen molar-refractivity contribution in [2.75, 3.05) is 0 Å². The highest BCUT2D eigenvalue weighted by molar-refractivity contribution is 7.13. The van der Waals surface area contributed by atoms with Crippen molar-refractivity contribution in [1.29, 1.82) is 0 Å². The first-order valence-electron chi connectivity index (χ1n) is 4.79. The standard InChI is InChI=1S/C11H11ClN2S/c1-3-9-13-10(7(2)11(12)14-9)8-5-4-6-15-8/h4-6H,3H2,1-2H3. The van der Waals surface area contributed by atoms with Crippen LogP contribution in [0.2, 0.25) is 5.15 Å². The Kier molecular flexibility index (Phi) is 3.03. The SMILES string of the molecule is CCc1nc(Cl)c(C)c(-c2cccs2)n1. The molecule has 2 nitrogen and oxygen atoms in total. The minimum absolute atomic E-state index is 0.560. The molecule has 0 fully saturated rings. The molecular formula is C11H11ClN2S. The van der Waals surface area contributed by atoms with Gasteiger partial charge in [0.05, 0.1) is 10.6 Å². The number of hydrogen-bond donors (Lipinski definition) is 0. The van der Waals surface area contributed by atoms with E-state index in [2.05, 4.69) is 16.0 Å². The average Bonchev–Trinajstić information content (AvgIpc) is 2.75. The molecule has 2 aromatic rings. The summed E-state index contributed by atoms with van der Waals surface area (Å²) >= 11 is 7.74. The van der Waals surface area contributed by atoms with Gasteiger partial charge in [0.15, 0.2) is 0 Å². The van der Waals surface area contributed by atoms with Crippen LogP contribution in [0.4, 0.5) is 0 Å². The summed E-state index contributed by atoms with van der Waals surface area (Å²) in [5, 5.41) is 2.60. The van der Waals surface area contributed by atoms with E-state index in [4.69, 9.17) is 11.6 Å². The lowest BCUT2D eigenvalue weighted by molar-refractivity contribution is 0.935. The zero-order valence-corrected chi connectivity index (χ0v) is 10.2. The zero-order valence-electron chi connectivity index (χ0n) is 8.62. The molecule has 0 saturated heterocycles. The second-order valence-electron chi connectivity index (χ2n) is 3.24. The molecular weight excluding hydrogens is 228 g/mol. The Balaban J connectivity index is 2.60. The van der Waals surface area contributed by atoms with E-state index in [9.17, 15) is 0 Å². The molecule has 0 aliphatic carbocycles. The highest BCUT2D eigenvalue weighted by Gasteiger charge is 2.10. The molecule has 0 radical (unpaired) electrons. The van der Waals surface area contributed by atoms with Crippen LogP contribution in [0.15, 0.2) is 17.5 Å². The maximum Gasteiger partial charge on any atom is 0.136 e. The summed E-state index contributed by atoms with van der Waals surface area (Å²) in [4.78, 5) is 9.87. The van der Waals surface area contributed by atoms with Crippen LogP contribution < -0.4 is 0 Å². The van der Waals surface area contributed by atoms with Crippen molar-refractivity contribution in [1.82, 2.24) is 9.97 Å². The topological polar surface area (TPSA) is 25.8 Å². The fourth-order valence-corrected chi connectivity index (χ4v) is 2.30. The van der Waals surface area contributed by atoms with Crippen LogP contribution in [0.3, 0.4) is 0 Å². The fourth-order valence-electron chi connectivity index (χ4n) is 1.34. The number of hydrogen-bond acceptors (Lipinski definition) is 3. The summed E-state index contributed by atoms with van der Waals surface area (Å²) in [6.45, 7) is 3.98. The van der Waals surface area contributed by atoms with E-state index in [0.717, 1.165) is 28.4 Å². The number of aryl methyl sites for hydroxylation is 1. The smallest absolute Gasteiger partial charge is 0.136 e. The van der Waals surface area contributed by atoms with Crippen molar-refractivity contribution in [2.45, 2.75) is 20.3 Å². The first-order valence-corrected chi connectivity index (χ1v) is 6.05. The summed E-state index contributed by atoms with van der Waals surface area (Å²) in [5.74, 6) is 0.800. The molecule has 4 heteroatoms. The van der Waals surface area contributed by atoms with Crippen LogP contribution in [0.1, 0.15) is 18.3 Å². The van der Waals surface area contributed by atoms with Gasteiger partial charge in [-0.1, -0.05) is 24.6 Å². The van der Waals surface area contributed by atoms with Crippen LogP contribution in [0, 0.1) is 6.92 Å². The van der Waals surface area contributed by atoms with Crippen molar-refractivity contribution in [2.24, 2.45) is 0 Å². The van der Waals surface area contributed by atoms with Crippen molar-refractivity contribution in [3.8, 4) is 10.6 Å². The van der Waals surface area contributed by atoms with Gasteiger partial charge in [0.2, 0.25) is 0 Å². The molecule has 2 heterocycles. The molecule has 0 aliphatic heterocycles. The zero-order chi connectivity index (χ0) is 10.8. The summed E-state index contributed by atoms with van der Waals surface area (Å²) in [5.41, 5.74) is 1.91. The number of nitrogens with zero attached hydrogens (tertiary/aromatic N) is 2. The van der Waals surface area contributed by atoms with Crippen LogP contribution in [-0.4, -0.2) is 9.97 Å². The molecule has 0 aromatic carbocycles. The number of aromatic nitrogens is 2. The monoisotopic (exact) mass is 238 g/mol. The molecule has 0 amide bonds. The average molecular weight is 239 g/mol. The van der Waals surface area contributed by atoms with Gasteiger partial charge in [0.1, 0.15) is 11.0 Å². The normalized spacial score (nSPS) is 10.6. The third-order valence-corrected chi connectivity index (χ3v) is 3.45. The maximum absolute atomic E-state index is 6.07. The molecule has 0 N–H and O–H groups in total. The highest BCUT2D eigenvalue weighted by atomic mass is 35.5. The van der Waals surface area contributed by atoms with Crippen LogP contribution in [-0.2, 0) is 6.42 Å². The van der Waals surface area contributed by atoms with Gasteiger partial charge in [-0.3, -0.25) is 0 Å². The van der Waals surface area contributed by atoms with Crippen LogP contribution in [0.5, 0.6) is 0 Å². The third kappa shape index (κ3) is 2.03. The second kappa shape index (κ2) is 4.29. The molecule has 0 spiro atoms. The fraction of sp³-hybridized carbons (Fsp3) is 0.273. The summed E-state index contributed by atoms with van der Waals surface area (Å²) in [6.07, 6.45) is 0.804. The maximum atomic E-state index is 6.07. The molecule has 0 unspecified atom stereocenters. The Morgan fingerprint density at radius 2 is 2.20 bits per heavy atom. The lowest BCUT2D eigenvalue weighted by Crippen LogP contribution is -1.98. The first kappa shape index (κ1) is 10.6. The Morgan fingerprint density at radius 3 is 2.80 bits per heavy atom. The molecule has 2 rings (SSSR count). The number of halogens is 1. The largest absolute Gasteiger partial charge is 0.232 e. The third-order valence-electron chi connectivity index (χ3n) is 2.20. The minimum atomic E-state index is 0.560. The van der Waals surface area contributed by atoms with Crippen molar-refractivity contribution in [3.63, 3.8) is 0 Å². The van der Waals surface area contributed by atoms with Crippen LogP contribution >= 0.6 is 22.9 Å². The van der Waals surface area contributed by atoms with E-state index in [0.29, 0.717) is 5.15 Å². The highest BCUT2D eigenvalue weighted by Crippen LogP contribution is 2.28. The Bertz CT molecular complexity index is 466. The predicted octanol–water partition coefficient (Wildman–Crippen LogP) is 3.73. The molecule has 0 atom stereocenters. The van der Waals surface area contributed by atoms with E-state index in [1.165, 1.54) is 0 Å². The van der Waals surface area contributed by atoms with E-state index in [1.807, 2.05) is 25.3 Å². The van der Waals surface area contributed by atoms with E-state index < -0.39 is 0 Å². The van der Waals surface area contributed by atoms with E-state index in [1.54, 1.807) is 11.3 Å². The van der Waals surface area contributed by atoms with Gasteiger partial charge >= 0.3 is 0 Å². The minimum Gasteiger partial charge on any atom is -0.232 e. The summed E-state index contributed by atoms with van der Waals surface area (Å²) < 4.78 is 0. The van der Waals surface area contributed by atoms with Gasteiger partial charge in [-0.25, -0.2) is 9.97 Å². The lowest BCUT2D eigenvalue weighted by atomic mass is 10.2.